The van der Waals surface area contributed by atoms with E-state index in [2.05, 4.69) is 0 Å². The summed E-state index contributed by atoms with van der Waals surface area (Å²) in [5.74, 6) is -1.40. The molecule has 7 nitrogen and oxygen atoms in total. The van der Waals surface area contributed by atoms with Crippen molar-refractivity contribution in [1.82, 2.24) is 4.90 Å². The molecule has 1 heterocycles. The van der Waals surface area contributed by atoms with Crippen molar-refractivity contribution in [1.29, 1.82) is 0 Å². The Morgan fingerprint density at radius 2 is 2.14 bits per heavy atom. The third-order valence-corrected chi connectivity index (χ3v) is 3.12. The number of hydrogen-bond donors (Lipinski definition) is 1. The molecule has 0 bridgehead atoms. The molecule has 21 heavy (non-hydrogen) atoms. The topological polar surface area (TPSA) is 87.2 Å². The standard InChI is InChI=1S/C14H16N2O5/c1-2-21-7-6-15-12(17)9-16(14(15)20)11-5-3-4-10(8-11)13(18)19/h3-5,8H,2,6-7,9H2,1H3,(H,18,19). The molecule has 0 spiro atoms. The van der Waals surface area contributed by atoms with Gasteiger partial charge in [-0.05, 0) is 25.1 Å². The summed E-state index contributed by atoms with van der Waals surface area (Å²) in [6.07, 6.45) is 0. The van der Waals surface area contributed by atoms with Gasteiger partial charge in [-0.25, -0.2) is 9.59 Å². The number of urea groups is 1. The minimum absolute atomic E-state index is 0.0699. The third-order valence-electron chi connectivity index (χ3n) is 3.12. The molecular formula is C14H16N2O5. The second-order valence-corrected chi connectivity index (χ2v) is 4.47. The normalized spacial score (nSPS) is 14.9. The van der Waals surface area contributed by atoms with Crippen molar-refractivity contribution in [2.75, 3.05) is 31.2 Å². The molecule has 0 aliphatic carbocycles. The predicted octanol–water partition coefficient (Wildman–Crippen LogP) is 1.19. The summed E-state index contributed by atoms with van der Waals surface area (Å²) in [7, 11) is 0. The average Bonchev–Trinajstić information content (AvgIpc) is 2.75. The molecule has 0 atom stereocenters. The van der Waals surface area contributed by atoms with E-state index in [0.29, 0.717) is 12.3 Å². The van der Waals surface area contributed by atoms with E-state index in [0.717, 1.165) is 4.90 Å². The number of amides is 3. The van der Waals surface area contributed by atoms with Gasteiger partial charge in [0.2, 0.25) is 0 Å². The summed E-state index contributed by atoms with van der Waals surface area (Å²) < 4.78 is 5.14. The van der Waals surface area contributed by atoms with Crippen molar-refractivity contribution in [2.45, 2.75) is 6.92 Å². The highest BCUT2D eigenvalue weighted by Crippen LogP contribution is 2.22. The number of benzene rings is 1. The van der Waals surface area contributed by atoms with Crippen molar-refractivity contribution in [3.05, 3.63) is 29.8 Å². The van der Waals surface area contributed by atoms with Gasteiger partial charge in [-0.1, -0.05) is 6.07 Å². The lowest BCUT2D eigenvalue weighted by Gasteiger charge is -2.17. The number of anilines is 1. The summed E-state index contributed by atoms with van der Waals surface area (Å²) in [4.78, 5) is 37.4. The molecule has 1 aromatic rings. The van der Waals surface area contributed by atoms with Crippen molar-refractivity contribution >= 4 is 23.6 Å². The van der Waals surface area contributed by atoms with E-state index in [-0.39, 0.29) is 31.2 Å². The Morgan fingerprint density at radius 1 is 1.38 bits per heavy atom. The van der Waals surface area contributed by atoms with Crippen LogP contribution in [-0.4, -0.2) is 54.2 Å². The van der Waals surface area contributed by atoms with E-state index in [9.17, 15) is 14.4 Å². The number of carbonyl (C=O) groups is 3. The van der Waals surface area contributed by atoms with Crippen LogP contribution in [0.5, 0.6) is 0 Å². The van der Waals surface area contributed by atoms with Crippen LogP contribution in [0.15, 0.2) is 24.3 Å². The molecule has 1 aliphatic heterocycles. The minimum Gasteiger partial charge on any atom is -0.478 e. The number of carbonyl (C=O) groups excluding carboxylic acids is 2. The number of rotatable bonds is 6. The maximum absolute atomic E-state index is 12.2. The van der Waals surface area contributed by atoms with E-state index in [1.54, 1.807) is 12.1 Å². The molecule has 1 aliphatic rings. The lowest BCUT2D eigenvalue weighted by Crippen LogP contribution is -2.35. The number of carboxylic acids is 1. The van der Waals surface area contributed by atoms with E-state index in [1.807, 2.05) is 6.92 Å². The van der Waals surface area contributed by atoms with Crippen molar-refractivity contribution in [3.8, 4) is 0 Å². The second-order valence-electron chi connectivity index (χ2n) is 4.47. The van der Waals surface area contributed by atoms with E-state index >= 15 is 0 Å². The first-order chi connectivity index (χ1) is 10.0. The van der Waals surface area contributed by atoms with Gasteiger partial charge in [0.05, 0.1) is 18.7 Å². The Kier molecular flexibility index (Phi) is 4.54. The first kappa shape index (κ1) is 15.0. The van der Waals surface area contributed by atoms with Crippen LogP contribution in [0, 0.1) is 0 Å². The molecule has 0 aromatic heterocycles. The molecule has 1 saturated heterocycles. The maximum atomic E-state index is 12.2. The number of hydrogen-bond acceptors (Lipinski definition) is 4. The van der Waals surface area contributed by atoms with Gasteiger partial charge in [-0.15, -0.1) is 0 Å². The van der Waals surface area contributed by atoms with Gasteiger partial charge in [0.1, 0.15) is 6.54 Å². The molecule has 3 amide bonds. The zero-order chi connectivity index (χ0) is 15.4. The maximum Gasteiger partial charge on any atom is 0.335 e. The molecule has 7 heteroatoms. The van der Waals surface area contributed by atoms with Crippen LogP contribution < -0.4 is 4.90 Å². The van der Waals surface area contributed by atoms with E-state index in [1.165, 1.54) is 17.0 Å². The average molecular weight is 292 g/mol. The fourth-order valence-electron chi connectivity index (χ4n) is 2.07. The second kappa shape index (κ2) is 6.36. The molecule has 0 saturated carbocycles. The van der Waals surface area contributed by atoms with Crippen LogP contribution in [0.1, 0.15) is 17.3 Å². The number of nitrogens with zero attached hydrogens (tertiary/aromatic N) is 2. The monoisotopic (exact) mass is 292 g/mol. The first-order valence-electron chi connectivity index (χ1n) is 6.57. The molecule has 1 aromatic carbocycles. The largest absolute Gasteiger partial charge is 0.478 e. The summed E-state index contributed by atoms with van der Waals surface area (Å²) in [5, 5.41) is 8.97. The summed E-state index contributed by atoms with van der Waals surface area (Å²) in [6, 6.07) is 5.49. The van der Waals surface area contributed by atoms with Gasteiger partial charge in [0, 0.05) is 12.3 Å². The van der Waals surface area contributed by atoms with Gasteiger partial charge in [0.15, 0.2) is 0 Å². The van der Waals surface area contributed by atoms with Crippen molar-refractivity contribution < 1.29 is 24.2 Å². The molecule has 2 rings (SSSR count). The quantitative estimate of drug-likeness (QED) is 0.628. The first-order valence-corrected chi connectivity index (χ1v) is 6.57. The Bertz CT molecular complexity index is 572. The fourth-order valence-corrected chi connectivity index (χ4v) is 2.07. The lowest BCUT2D eigenvalue weighted by atomic mass is 10.2. The highest BCUT2D eigenvalue weighted by atomic mass is 16.5. The van der Waals surface area contributed by atoms with Gasteiger partial charge in [-0.3, -0.25) is 14.6 Å². The van der Waals surface area contributed by atoms with Crippen LogP contribution >= 0.6 is 0 Å². The zero-order valence-electron chi connectivity index (χ0n) is 11.6. The highest BCUT2D eigenvalue weighted by molar-refractivity contribution is 6.12. The zero-order valence-corrected chi connectivity index (χ0v) is 11.6. The minimum atomic E-state index is -1.08. The van der Waals surface area contributed by atoms with Gasteiger partial charge in [0.25, 0.3) is 5.91 Å². The van der Waals surface area contributed by atoms with Crippen LogP contribution in [0.2, 0.25) is 0 Å². The molecule has 1 N–H and O–H groups in total. The third kappa shape index (κ3) is 3.19. The van der Waals surface area contributed by atoms with Crippen LogP contribution in [0.25, 0.3) is 0 Å². The molecule has 112 valence electrons. The molecule has 0 unspecified atom stereocenters. The predicted molar refractivity (Wildman–Crippen MR) is 74.3 cm³/mol. The Hall–Kier alpha value is -2.41. The van der Waals surface area contributed by atoms with Gasteiger partial charge in [-0.2, -0.15) is 0 Å². The Morgan fingerprint density at radius 3 is 2.81 bits per heavy atom. The SMILES string of the molecule is CCOCCN1C(=O)CN(c2cccc(C(=O)O)c2)C1=O. The number of aromatic carboxylic acids is 1. The van der Waals surface area contributed by atoms with E-state index < -0.39 is 12.0 Å². The van der Waals surface area contributed by atoms with Crippen LogP contribution in [0.3, 0.4) is 0 Å². The number of carboxylic acid groups (broad SMARTS) is 1. The summed E-state index contributed by atoms with van der Waals surface area (Å²) in [6.45, 7) is 2.74. The molecule has 1 fully saturated rings. The van der Waals surface area contributed by atoms with Gasteiger partial charge < -0.3 is 9.84 Å². The Balaban J connectivity index is 2.15. The smallest absolute Gasteiger partial charge is 0.335 e. The number of ether oxygens (including phenoxy) is 1. The van der Waals surface area contributed by atoms with E-state index in [4.69, 9.17) is 9.84 Å². The summed E-state index contributed by atoms with van der Waals surface area (Å²) >= 11 is 0. The van der Waals surface area contributed by atoms with Crippen LogP contribution in [0.4, 0.5) is 10.5 Å². The Labute approximate surface area is 121 Å². The molecular weight excluding hydrogens is 276 g/mol. The van der Waals surface area contributed by atoms with Crippen LogP contribution in [-0.2, 0) is 9.53 Å². The van der Waals surface area contributed by atoms with Gasteiger partial charge >= 0.3 is 12.0 Å². The highest BCUT2D eigenvalue weighted by Gasteiger charge is 2.36. The fraction of sp³-hybridized carbons (Fsp3) is 0.357. The summed E-state index contributed by atoms with van der Waals surface area (Å²) in [5.41, 5.74) is 0.465. The van der Waals surface area contributed by atoms with Crippen molar-refractivity contribution in [3.63, 3.8) is 0 Å². The molecule has 0 radical (unpaired) electrons. The van der Waals surface area contributed by atoms with Crippen molar-refractivity contribution in [2.24, 2.45) is 0 Å². The number of imide groups is 1. The lowest BCUT2D eigenvalue weighted by molar-refractivity contribution is -0.125.